The summed E-state index contributed by atoms with van der Waals surface area (Å²) in [6.07, 6.45) is 3.51. The van der Waals surface area contributed by atoms with Gasteiger partial charge >= 0.3 is 0 Å². The van der Waals surface area contributed by atoms with Gasteiger partial charge in [0.2, 0.25) is 5.91 Å². The molecule has 0 bridgehead atoms. The number of para-hydroxylation sites is 1. The summed E-state index contributed by atoms with van der Waals surface area (Å²) in [7, 11) is 0. The van der Waals surface area contributed by atoms with E-state index in [0.717, 1.165) is 37.2 Å². The number of anilines is 2. The molecule has 3 nitrogen and oxygen atoms in total. The van der Waals surface area contributed by atoms with E-state index < -0.39 is 0 Å². The monoisotopic (exact) mass is 280 g/mol. The standard InChI is InChI=1S/C18H20N2O/c21-17(12-11-14-6-2-1-3-7-14)20-16-10-4-8-15-9-5-13-19-18(15)16/h1-4,6-8,10,19H,5,9,11-13H2,(H,20,21). The first kappa shape index (κ1) is 13.7. The smallest absolute Gasteiger partial charge is 0.224 e. The van der Waals surface area contributed by atoms with Gasteiger partial charge in [-0.3, -0.25) is 4.79 Å². The first-order chi connectivity index (χ1) is 10.3. The molecule has 1 aliphatic rings. The molecule has 2 aromatic carbocycles. The summed E-state index contributed by atoms with van der Waals surface area (Å²) in [5, 5.41) is 6.43. The number of amides is 1. The van der Waals surface area contributed by atoms with E-state index in [4.69, 9.17) is 0 Å². The average molecular weight is 280 g/mol. The van der Waals surface area contributed by atoms with E-state index >= 15 is 0 Å². The first-order valence-corrected chi connectivity index (χ1v) is 7.52. The zero-order valence-corrected chi connectivity index (χ0v) is 12.1. The van der Waals surface area contributed by atoms with Crippen molar-refractivity contribution in [3.8, 4) is 0 Å². The SMILES string of the molecule is O=C(CCc1ccccc1)Nc1cccc2c1NCCC2. The van der Waals surface area contributed by atoms with Gasteiger partial charge in [0.1, 0.15) is 0 Å². The highest BCUT2D eigenvalue weighted by Gasteiger charge is 2.13. The van der Waals surface area contributed by atoms with Crippen LogP contribution in [0.4, 0.5) is 11.4 Å². The predicted octanol–water partition coefficient (Wildman–Crippen LogP) is 3.62. The van der Waals surface area contributed by atoms with Crippen molar-refractivity contribution in [3.63, 3.8) is 0 Å². The van der Waals surface area contributed by atoms with Gasteiger partial charge in [-0.15, -0.1) is 0 Å². The van der Waals surface area contributed by atoms with Crippen molar-refractivity contribution < 1.29 is 4.79 Å². The highest BCUT2D eigenvalue weighted by molar-refractivity contribution is 5.95. The number of benzene rings is 2. The Bertz CT molecular complexity index is 622. The maximum atomic E-state index is 12.1. The molecule has 0 saturated heterocycles. The van der Waals surface area contributed by atoms with Crippen LogP contribution >= 0.6 is 0 Å². The van der Waals surface area contributed by atoms with Crippen molar-refractivity contribution in [1.82, 2.24) is 0 Å². The Kier molecular flexibility index (Phi) is 4.20. The van der Waals surface area contributed by atoms with Crippen LogP contribution in [0, 0.1) is 0 Å². The fraction of sp³-hybridized carbons (Fsp3) is 0.278. The van der Waals surface area contributed by atoms with E-state index in [1.807, 2.05) is 30.3 Å². The van der Waals surface area contributed by atoms with Gasteiger partial charge in [-0.05, 0) is 36.5 Å². The van der Waals surface area contributed by atoms with Gasteiger partial charge in [0, 0.05) is 13.0 Å². The van der Waals surface area contributed by atoms with E-state index in [1.54, 1.807) is 0 Å². The van der Waals surface area contributed by atoms with Crippen molar-refractivity contribution >= 4 is 17.3 Å². The molecule has 0 atom stereocenters. The van der Waals surface area contributed by atoms with Gasteiger partial charge in [0.05, 0.1) is 11.4 Å². The van der Waals surface area contributed by atoms with E-state index in [-0.39, 0.29) is 5.91 Å². The molecule has 108 valence electrons. The summed E-state index contributed by atoms with van der Waals surface area (Å²) >= 11 is 0. The molecule has 2 aromatic rings. The average Bonchev–Trinajstić information content (AvgIpc) is 2.54. The number of carbonyl (C=O) groups is 1. The highest BCUT2D eigenvalue weighted by atomic mass is 16.1. The Morgan fingerprint density at radius 3 is 2.81 bits per heavy atom. The second-order valence-electron chi connectivity index (χ2n) is 5.40. The lowest BCUT2D eigenvalue weighted by Crippen LogP contribution is -2.17. The quantitative estimate of drug-likeness (QED) is 0.898. The van der Waals surface area contributed by atoms with E-state index in [0.29, 0.717) is 6.42 Å². The fourth-order valence-electron chi connectivity index (χ4n) is 2.73. The predicted molar refractivity (Wildman–Crippen MR) is 86.6 cm³/mol. The number of nitrogens with one attached hydrogen (secondary N) is 2. The summed E-state index contributed by atoms with van der Waals surface area (Å²) in [5.74, 6) is 0.0691. The third-order valence-corrected chi connectivity index (χ3v) is 3.83. The van der Waals surface area contributed by atoms with Crippen molar-refractivity contribution in [2.45, 2.75) is 25.7 Å². The maximum Gasteiger partial charge on any atom is 0.224 e. The second-order valence-corrected chi connectivity index (χ2v) is 5.40. The molecule has 0 aliphatic carbocycles. The van der Waals surface area contributed by atoms with Crippen LogP contribution in [0.15, 0.2) is 48.5 Å². The number of hydrogen-bond acceptors (Lipinski definition) is 2. The summed E-state index contributed by atoms with van der Waals surface area (Å²) in [6, 6.07) is 16.2. The van der Waals surface area contributed by atoms with Crippen molar-refractivity contribution in [1.29, 1.82) is 0 Å². The van der Waals surface area contributed by atoms with Crippen molar-refractivity contribution in [2.75, 3.05) is 17.2 Å². The molecule has 3 rings (SSSR count). The largest absolute Gasteiger partial charge is 0.383 e. The third kappa shape index (κ3) is 3.43. The van der Waals surface area contributed by atoms with E-state index in [1.165, 1.54) is 11.1 Å². The molecule has 1 aliphatic heterocycles. The first-order valence-electron chi connectivity index (χ1n) is 7.52. The molecule has 0 saturated carbocycles. The minimum atomic E-state index is 0.0691. The van der Waals surface area contributed by atoms with Gasteiger partial charge < -0.3 is 10.6 Å². The third-order valence-electron chi connectivity index (χ3n) is 3.83. The van der Waals surface area contributed by atoms with Crippen molar-refractivity contribution in [2.24, 2.45) is 0 Å². The van der Waals surface area contributed by atoms with E-state index in [2.05, 4.69) is 28.8 Å². The Morgan fingerprint density at radius 2 is 1.95 bits per heavy atom. The van der Waals surface area contributed by atoms with Crippen LogP contribution < -0.4 is 10.6 Å². The molecule has 0 spiro atoms. The Hall–Kier alpha value is -2.29. The molecule has 0 radical (unpaired) electrons. The molecule has 0 aromatic heterocycles. The second kappa shape index (κ2) is 6.44. The summed E-state index contributed by atoms with van der Waals surface area (Å²) in [6.45, 7) is 0.976. The molecule has 21 heavy (non-hydrogen) atoms. The van der Waals surface area contributed by atoms with Crippen LogP contribution in [0.25, 0.3) is 0 Å². The molecule has 1 amide bonds. The van der Waals surface area contributed by atoms with Gasteiger partial charge in [0.15, 0.2) is 0 Å². The minimum absolute atomic E-state index is 0.0691. The zero-order valence-electron chi connectivity index (χ0n) is 12.1. The molecule has 0 fully saturated rings. The molecular weight excluding hydrogens is 260 g/mol. The zero-order chi connectivity index (χ0) is 14.5. The maximum absolute atomic E-state index is 12.1. The molecular formula is C18H20N2O. The van der Waals surface area contributed by atoms with Crippen LogP contribution in [-0.2, 0) is 17.6 Å². The van der Waals surface area contributed by atoms with E-state index in [9.17, 15) is 4.79 Å². The van der Waals surface area contributed by atoms with Crippen molar-refractivity contribution in [3.05, 3.63) is 59.7 Å². The highest BCUT2D eigenvalue weighted by Crippen LogP contribution is 2.30. The molecule has 3 heteroatoms. The Balaban J connectivity index is 1.63. The normalized spacial score (nSPS) is 13.1. The summed E-state index contributed by atoms with van der Waals surface area (Å²) < 4.78 is 0. The molecule has 0 unspecified atom stereocenters. The lowest BCUT2D eigenvalue weighted by atomic mass is 10.0. The van der Waals surface area contributed by atoms with Gasteiger partial charge in [-0.2, -0.15) is 0 Å². The fourth-order valence-corrected chi connectivity index (χ4v) is 2.73. The summed E-state index contributed by atoms with van der Waals surface area (Å²) in [4.78, 5) is 12.1. The summed E-state index contributed by atoms with van der Waals surface area (Å²) in [5.41, 5.74) is 4.49. The number of carbonyl (C=O) groups excluding carboxylic acids is 1. The van der Waals surface area contributed by atoms with Crippen LogP contribution in [-0.4, -0.2) is 12.5 Å². The van der Waals surface area contributed by atoms with Gasteiger partial charge in [-0.25, -0.2) is 0 Å². The van der Waals surface area contributed by atoms with Crippen LogP contribution in [0.1, 0.15) is 24.0 Å². The van der Waals surface area contributed by atoms with Crippen LogP contribution in [0.3, 0.4) is 0 Å². The topological polar surface area (TPSA) is 41.1 Å². The number of rotatable bonds is 4. The number of hydrogen-bond donors (Lipinski definition) is 2. The van der Waals surface area contributed by atoms with Crippen LogP contribution in [0.5, 0.6) is 0 Å². The molecule has 2 N–H and O–H groups in total. The van der Waals surface area contributed by atoms with Crippen LogP contribution in [0.2, 0.25) is 0 Å². The van der Waals surface area contributed by atoms with Gasteiger partial charge in [0.25, 0.3) is 0 Å². The Labute approximate surface area is 125 Å². The van der Waals surface area contributed by atoms with Gasteiger partial charge in [-0.1, -0.05) is 42.5 Å². The number of aryl methyl sites for hydroxylation is 2. The lowest BCUT2D eigenvalue weighted by molar-refractivity contribution is -0.116. The molecule has 1 heterocycles. The Morgan fingerprint density at radius 1 is 1.10 bits per heavy atom. The lowest BCUT2D eigenvalue weighted by Gasteiger charge is -2.21. The number of fused-ring (bicyclic) bond motifs is 1. The minimum Gasteiger partial charge on any atom is -0.383 e.